The maximum absolute atomic E-state index is 11.5. The summed E-state index contributed by atoms with van der Waals surface area (Å²) in [5.41, 5.74) is 0.836. The third-order valence-electron chi connectivity index (χ3n) is 2.11. The highest BCUT2D eigenvalue weighted by atomic mass is 16.5. The summed E-state index contributed by atoms with van der Waals surface area (Å²) < 4.78 is 4.66. The fourth-order valence-electron chi connectivity index (χ4n) is 1.29. The van der Waals surface area contributed by atoms with E-state index in [-0.39, 0.29) is 12.5 Å². The van der Waals surface area contributed by atoms with Gasteiger partial charge in [0.25, 0.3) is 5.91 Å². The van der Waals surface area contributed by atoms with E-state index in [0.717, 1.165) is 0 Å². The Morgan fingerprint density at radius 2 is 1.84 bits per heavy atom. The summed E-state index contributed by atoms with van der Waals surface area (Å²) in [4.78, 5) is 33.0. The van der Waals surface area contributed by atoms with E-state index in [1.807, 2.05) is 0 Å². The number of amides is 2. The Labute approximate surface area is 109 Å². The van der Waals surface area contributed by atoms with Gasteiger partial charge in [-0.15, -0.1) is 0 Å². The first-order chi connectivity index (χ1) is 9.02. The average Bonchev–Trinajstić information content (AvgIpc) is 2.37. The van der Waals surface area contributed by atoms with Gasteiger partial charge in [0.2, 0.25) is 5.91 Å². The smallest absolute Gasteiger partial charge is 0.322 e. The van der Waals surface area contributed by atoms with Crippen LogP contribution in [0, 0.1) is 0 Å². The molecule has 0 bridgehead atoms. The Bertz CT molecular complexity index is 470. The van der Waals surface area contributed by atoms with Gasteiger partial charge in [-0.2, -0.15) is 0 Å². The van der Waals surface area contributed by atoms with Crippen molar-refractivity contribution in [2.75, 3.05) is 25.6 Å². The van der Waals surface area contributed by atoms with Gasteiger partial charge in [0.15, 0.2) is 0 Å². The largest absolute Gasteiger partial charge is 0.480 e. The first kappa shape index (κ1) is 14.7. The number of methoxy groups -OCH3 is 1. The van der Waals surface area contributed by atoms with Gasteiger partial charge in [-0.05, 0) is 24.3 Å². The second-order valence-corrected chi connectivity index (χ2v) is 3.63. The zero-order chi connectivity index (χ0) is 14.3. The van der Waals surface area contributed by atoms with E-state index in [0.29, 0.717) is 11.3 Å². The molecule has 19 heavy (non-hydrogen) atoms. The molecule has 0 aliphatic carbocycles. The van der Waals surface area contributed by atoms with Crippen LogP contribution in [0.5, 0.6) is 0 Å². The molecule has 3 N–H and O–H groups in total. The minimum Gasteiger partial charge on any atom is -0.480 e. The van der Waals surface area contributed by atoms with E-state index < -0.39 is 18.4 Å². The van der Waals surface area contributed by atoms with Crippen molar-refractivity contribution < 1.29 is 24.2 Å². The molecular formula is C12H14N2O5. The van der Waals surface area contributed by atoms with E-state index >= 15 is 0 Å². The predicted octanol–water partition coefficient (Wildman–Crippen LogP) is 0.0859. The first-order valence-electron chi connectivity index (χ1n) is 5.41. The van der Waals surface area contributed by atoms with Crippen LogP contribution in [0.3, 0.4) is 0 Å². The van der Waals surface area contributed by atoms with Crippen molar-refractivity contribution in [1.29, 1.82) is 0 Å². The quantitative estimate of drug-likeness (QED) is 0.676. The highest BCUT2D eigenvalue weighted by Gasteiger charge is 2.07. The molecule has 102 valence electrons. The lowest BCUT2D eigenvalue weighted by Gasteiger charge is -2.06. The summed E-state index contributed by atoms with van der Waals surface area (Å²) in [5.74, 6) is -1.90. The number of carboxylic acid groups (broad SMARTS) is 1. The normalized spacial score (nSPS) is 9.74. The molecule has 2 amide bonds. The third-order valence-corrected chi connectivity index (χ3v) is 2.11. The van der Waals surface area contributed by atoms with Gasteiger partial charge in [-0.25, -0.2) is 0 Å². The maximum atomic E-state index is 11.5. The van der Waals surface area contributed by atoms with Gasteiger partial charge in [0.1, 0.15) is 13.2 Å². The molecule has 1 rings (SSSR count). The van der Waals surface area contributed by atoms with Crippen LogP contribution in [0.1, 0.15) is 10.4 Å². The topological polar surface area (TPSA) is 105 Å². The highest BCUT2D eigenvalue weighted by molar-refractivity contribution is 5.97. The van der Waals surface area contributed by atoms with Crippen molar-refractivity contribution in [3.05, 3.63) is 29.8 Å². The number of anilines is 1. The fraction of sp³-hybridized carbons (Fsp3) is 0.250. The van der Waals surface area contributed by atoms with Gasteiger partial charge in [0.05, 0.1) is 0 Å². The summed E-state index contributed by atoms with van der Waals surface area (Å²) in [6.45, 7) is -0.494. The third kappa shape index (κ3) is 5.17. The lowest BCUT2D eigenvalue weighted by molar-refractivity contribution is -0.135. The van der Waals surface area contributed by atoms with Crippen LogP contribution in [0.25, 0.3) is 0 Å². The monoisotopic (exact) mass is 266 g/mol. The SMILES string of the molecule is COCC(=O)Nc1ccc(C(=O)NCC(=O)O)cc1. The van der Waals surface area contributed by atoms with Crippen molar-refractivity contribution in [2.24, 2.45) is 0 Å². The number of ether oxygens (including phenoxy) is 1. The molecule has 7 nitrogen and oxygen atoms in total. The van der Waals surface area contributed by atoms with E-state index in [9.17, 15) is 14.4 Å². The molecular weight excluding hydrogens is 252 g/mol. The van der Waals surface area contributed by atoms with E-state index in [2.05, 4.69) is 15.4 Å². The Morgan fingerprint density at radius 3 is 2.37 bits per heavy atom. The number of carbonyl (C=O) groups excluding carboxylic acids is 2. The highest BCUT2D eigenvalue weighted by Crippen LogP contribution is 2.09. The lowest BCUT2D eigenvalue weighted by atomic mass is 10.2. The molecule has 0 aromatic heterocycles. The summed E-state index contributed by atoms with van der Waals surface area (Å²) in [7, 11) is 1.41. The Morgan fingerprint density at radius 1 is 1.21 bits per heavy atom. The number of hydrogen-bond acceptors (Lipinski definition) is 4. The van der Waals surface area contributed by atoms with Crippen LogP contribution in [-0.2, 0) is 14.3 Å². The molecule has 0 fully saturated rings. The summed E-state index contributed by atoms with van der Waals surface area (Å²) in [6.07, 6.45) is 0. The summed E-state index contributed by atoms with van der Waals surface area (Å²) >= 11 is 0. The number of carbonyl (C=O) groups is 3. The molecule has 0 unspecified atom stereocenters. The zero-order valence-corrected chi connectivity index (χ0v) is 10.3. The average molecular weight is 266 g/mol. The van der Waals surface area contributed by atoms with Crippen molar-refractivity contribution in [1.82, 2.24) is 5.32 Å². The van der Waals surface area contributed by atoms with Gasteiger partial charge in [-0.1, -0.05) is 0 Å². The number of rotatable bonds is 6. The molecule has 0 saturated carbocycles. The molecule has 0 aliphatic rings. The Balaban J connectivity index is 2.58. The lowest BCUT2D eigenvalue weighted by Crippen LogP contribution is -2.29. The summed E-state index contributed by atoms with van der Waals surface area (Å²) in [6, 6.07) is 6.06. The summed E-state index contributed by atoms with van der Waals surface area (Å²) in [5, 5.41) is 13.2. The minimum absolute atomic E-state index is 0.0547. The second kappa shape index (κ2) is 7.12. The van der Waals surface area contributed by atoms with E-state index in [1.54, 1.807) is 12.1 Å². The molecule has 7 heteroatoms. The van der Waals surface area contributed by atoms with Gasteiger partial charge >= 0.3 is 5.97 Å². The second-order valence-electron chi connectivity index (χ2n) is 3.63. The van der Waals surface area contributed by atoms with Crippen molar-refractivity contribution in [3.8, 4) is 0 Å². The Hall–Kier alpha value is -2.41. The van der Waals surface area contributed by atoms with Crippen LogP contribution in [0.4, 0.5) is 5.69 Å². The van der Waals surface area contributed by atoms with Gasteiger partial charge in [0, 0.05) is 18.4 Å². The molecule has 0 radical (unpaired) electrons. The van der Waals surface area contributed by atoms with Crippen LogP contribution < -0.4 is 10.6 Å². The molecule has 0 atom stereocenters. The number of nitrogens with one attached hydrogen (secondary N) is 2. The number of benzene rings is 1. The molecule has 0 spiro atoms. The van der Waals surface area contributed by atoms with Crippen LogP contribution in [0.2, 0.25) is 0 Å². The van der Waals surface area contributed by atoms with E-state index in [1.165, 1.54) is 19.2 Å². The van der Waals surface area contributed by atoms with Crippen LogP contribution in [0.15, 0.2) is 24.3 Å². The van der Waals surface area contributed by atoms with Gasteiger partial charge < -0.3 is 20.5 Å². The Kier molecular flexibility index (Phi) is 5.49. The molecule has 1 aromatic rings. The number of carboxylic acids is 1. The number of hydrogen-bond donors (Lipinski definition) is 3. The molecule has 0 saturated heterocycles. The van der Waals surface area contributed by atoms with Crippen molar-refractivity contribution in [2.45, 2.75) is 0 Å². The van der Waals surface area contributed by atoms with Crippen molar-refractivity contribution >= 4 is 23.5 Å². The zero-order valence-electron chi connectivity index (χ0n) is 10.3. The standard InChI is InChI=1S/C12H14N2O5/c1-19-7-10(15)14-9-4-2-8(3-5-9)12(18)13-6-11(16)17/h2-5H,6-7H2,1H3,(H,13,18)(H,14,15)(H,16,17). The van der Waals surface area contributed by atoms with Gasteiger partial charge in [-0.3, -0.25) is 14.4 Å². The molecule has 1 aromatic carbocycles. The van der Waals surface area contributed by atoms with Crippen LogP contribution in [-0.4, -0.2) is 43.2 Å². The first-order valence-corrected chi connectivity index (χ1v) is 5.41. The number of aliphatic carboxylic acids is 1. The predicted molar refractivity (Wildman–Crippen MR) is 66.9 cm³/mol. The van der Waals surface area contributed by atoms with Crippen LogP contribution >= 0.6 is 0 Å². The van der Waals surface area contributed by atoms with Crippen molar-refractivity contribution in [3.63, 3.8) is 0 Å². The minimum atomic E-state index is -1.11. The molecule has 0 aliphatic heterocycles. The maximum Gasteiger partial charge on any atom is 0.322 e. The van der Waals surface area contributed by atoms with E-state index in [4.69, 9.17) is 5.11 Å². The fourth-order valence-corrected chi connectivity index (χ4v) is 1.29. The molecule has 0 heterocycles.